The van der Waals surface area contributed by atoms with Crippen LogP contribution in [0, 0.1) is 6.92 Å². The van der Waals surface area contributed by atoms with Gasteiger partial charge in [0.1, 0.15) is 17.4 Å². The molecule has 0 amide bonds. The van der Waals surface area contributed by atoms with Crippen molar-refractivity contribution in [2.24, 2.45) is 0 Å². The molecule has 0 spiro atoms. The maximum atomic E-state index is 5.95. The van der Waals surface area contributed by atoms with Crippen molar-refractivity contribution in [1.82, 2.24) is 4.98 Å². The summed E-state index contributed by atoms with van der Waals surface area (Å²) in [5.41, 5.74) is 14.5. The van der Waals surface area contributed by atoms with Crippen LogP contribution >= 0.6 is 0 Å². The minimum absolute atomic E-state index is 0.421. The first kappa shape index (κ1) is 13.2. The summed E-state index contributed by atoms with van der Waals surface area (Å²) in [6.45, 7) is 4.79. The predicted octanol–water partition coefficient (Wildman–Crippen LogP) is 3.01. The van der Waals surface area contributed by atoms with Gasteiger partial charge >= 0.3 is 0 Å². The highest BCUT2D eigenvalue weighted by molar-refractivity contribution is 5.79. The summed E-state index contributed by atoms with van der Waals surface area (Å²) in [5.74, 6) is 1.67. The summed E-state index contributed by atoms with van der Waals surface area (Å²) < 4.78 is 5.77. The van der Waals surface area contributed by atoms with Gasteiger partial charge in [-0.1, -0.05) is 18.6 Å². The second-order valence-corrected chi connectivity index (χ2v) is 4.52. The predicted molar refractivity (Wildman–Crippen MR) is 79.0 cm³/mol. The van der Waals surface area contributed by atoms with Crippen LogP contribution in [0.3, 0.4) is 0 Å². The van der Waals surface area contributed by atoms with E-state index in [1.807, 2.05) is 25.1 Å². The molecule has 0 saturated heterocycles. The maximum Gasteiger partial charge on any atom is 0.133 e. The molecule has 4 nitrogen and oxygen atoms in total. The number of nitrogen functional groups attached to an aromatic ring is 2. The number of benzene rings is 1. The number of nitrogens with two attached hydrogens (primary N) is 2. The molecule has 19 heavy (non-hydrogen) atoms. The molecular formula is C15H19N3O. The number of rotatable bonds is 4. The van der Waals surface area contributed by atoms with Gasteiger partial charge in [-0.3, -0.25) is 0 Å². The Kier molecular flexibility index (Phi) is 3.90. The van der Waals surface area contributed by atoms with E-state index in [4.69, 9.17) is 16.2 Å². The van der Waals surface area contributed by atoms with Gasteiger partial charge in [-0.2, -0.15) is 0 Å². The Morgan fingerprint density at radius 2 is 1.89 bits per heavy atom. The van der Waals surface area contributed by atoms with Crippen molar-refractivity contribution in [3.05, 3.63) is 35.9 Å². The van der Waals surface area contributed by atoms with E-state index < -0.39 is 0 Å². The van der Waals surface area contributed by atoms with E-state index in [0.29, 0.717) is 18.2 Å². The number of hydrogen-bond acceptors (Lipinski definition) is 4. The molecule has 100 valence electrons. The van der Waals surface area contributed by atoms with Crippen LogP contribution in [-0.2, 0) is 0 Å². The van der Waals surface area contributed by atoms with Gasteiger partial charge in [0.05, 0.1) is 6.61 Å². The minimum Gasteiger partial charge on any atom is -0.493 e. The van der Waals surface area contributed by atoms with Gasteiger partial charge in [0.15, 0.2) is 0 Å². The topological polar surface area (TPSA) is 74.2 Å². The molecule has 2 rings (SSSR count). The molecule has 0 radical (unpaired) electrons. The van der Waals surface area contributed by atoms with E-state index in [9.17, 15) is 0 Å². The summed E-state index contributed by atoms with van der Waals surface area (Å²) >= 11 is 0. The average Bonchev–Trinajstić information content (AvgIpc) is 2.37. The van der Waals surface area contributed by atoms with E-state index in [1.165, 1.54) is 0 Å². The Balaban J connectivity index is 2.49. The Morgan fingerprint density at radius 3 is 2.58 bits per heavy atom. The van der Waals surface area contributed by atoms with E-state index >= 15 is 0 Å². The third-order valence-electron chi connectivity index (χ3n) is 2.83. The summed E-state index contributed by atoms with van der Waals surface area (Å²) in [5, 5.41) is 0. The Bertz CT molecular complexity index is 582. The molecule has 1 aromatic carbocycles. The van der Waals surface area contributed by atoms with Gasteiger partial charge in [0.25, 0.3) is 0 Å². The van der Waals surface area contributed by atoms with Crippen LogP contribution in [0.4, 0.5) is 11.6 Å². The van der Waals surface area contributed by atoms with E-state index in [-0.39, 0.29) is 0 Å². The monoisotopic (exact) mass is 257 g/mol. The lowest BCUT2D eigenvalue weighted by atomic mass is 10.0. The van der Waals surface area contributed by atoms with Gasteiger partial charge in [0, 0.05) is 11.1 Å². The van der Waals surface area contributed by atoms with Gasteiger partial charge in [-0.05, 0) is 37.6 Å². The minimum atomic E-state index is 0.421. The van der Waals surface area contributed by atoms with Gasteiger partial charge in [-0.25, -0.2) is 4.98 Å². The SMILES string of the molecule is CCCOc1ccc(C)cc1-c1ccc(N)nc1N. The van der Waals surface area contributed by atoms with E-state index in [1.54, 1.807) is 6.07 Å². The fourth-order valence-electron chi connectivity index (χ4n) is 1.91. The quantitative estimate of drug-likeness (QED) is 0.883. The smallest absolute Gasteiger partial charge is 0.133 e. The second kappa shape index (κ2) is 5.61. The zero-order valence-corrected chi connectivity index (χ0v) is 11.3. The molecule has 1 aromatic heterocycles. The number of ether oxygens (including phenoxy) is 1. The van der Waals surface area contributed by atoms with Gasteiger partial charge in [0.2, 0.25) is 0 Å². The summed E-state index contributed by atoms with van der Waals surface area (Å²) in [6.07, 6.45) is 0.961. The van der Waals surface area contributed by atoms with Crippen molar-refractivity contribution < 1.29 is 4.74 Å². The number of hydrogen-bond donors (Lipinski definition) is 2. The first-order valence-corrected chi connectivity index (χ1v) is 6.37. The van der Waals surface area contributed by atoms with Crippen molar-refractivity contribution in [3.63, 3.8) is 0 Å². The maximum absolute atomic E-state index is 5.95. The van der Waals surface area contributed by atoms with Crippen LogP contribution < -0.4 is 16.2 Å². The second-order valence-electron chi connectivity index (χ2n) is 4.52. The Labute approximate surface area is 113 Å². The van der Waals surface area contributed by atoms with Crippen LogP contribution in [-0.4, -0.2) is 11.6 Å². The Morgan fingerprint density at radius 1 is 1.11 bits per heavy atom. The highest BCUT2D eigenvalue weighted by Gasteiger charge is 2.11. The fourth-order valence-corrected chi connectivity index (χ4v) is 1.91. The standard InChI is InChI=1S/C15H19N3O/c1-3-8-19-13-6-4-10(2)9-12(13)11-5-7-14(16)18-15(11)17/h4-7,9H,3,8H2,1-2H3,(H4,16,17,18). The molecule has 2 aromatic rings. The number of aromatic nitrogens is 1. The van der Waals surface area contributed by atoms with Crippen molar-refractivity contribution >= 4 is 11.6 Å². The van der Waals surface area contributed by atoms with Crippen molar-refractivity contribution in [1.29, 1.82) is 0 Å². The first-order chi connectivity index (χ1) is 9.11. The zero-order chi connectivity index (χ0) is 13.8. The molecule has 0 unspecified atom stereocenters. The molecule has 4 heteroatoms. The molecule has 0 aliphatic heterocycles. The highest BCUT2D eigenvalue weighted by atomic mass is 16.5. The first-order valence-electron chi connectivity index (χ1n) is 6.37. The third-order valence-corrected chi connectivity index (χ3v) is 2.83. The molecule has 0 saturated carbocycles. The molecule has 0 aliphatic rings. The number of nitrogens with zero attached hydrogens (tertiary/aromatic N) is 1. The summed E-state index contributed by atoms with van der Waals surface area (Å²) in [7, 11) is 0. The fraction of sp³-hybridized carbons (Fsp3) is 0.267. The van der Waals surface area contributed by atoms with Crippen LogP contribution in [0.1, 0.15) is 18.9 Å². The zero-order valence-electron chi connectivity index (χ0n) is 11.3. The Hall–Kier alpha value is -2.23. The lowest BCUT2D eigenvalue weighted by molar-refractivity contribution is 0.318. The molecular weight excluding hydrogens is 238 g/mol. The lowest BCUT2D eigenvalue weighted by Crippen LogP contribution is -2.01. The summed E-state index contributed by atoms with van der Waals surface area (Å²) in [6, 6.07) is 9.67. The normalized spacial score (nSPS) is 10.4. The van der Waals surface area contributed by atoms with E-state index in [0.717, 1.165) is 28.9 Å². The van der Waals surface area contributed by atoms with Crippen molar-refractivity contribution in [2.75, 3.05) is 18.1 Å². The van der Waals surface area contributed by atoms with Gasteiger partial charge in [-0.15, -0.1) is 0 Å². The van der Waals surface area contributed by atoms with E-state index in [2.05, 4.69) is 18.0 Å². The van der Waals surface area contributed by atoms with Crippen LogP contribution in [0.2, 0.25) is 0 Å². The van der Waals surface area contributed by atoms with Crippen LogP contribution in [0.25, 0.3) is 11.1 Å². The molecule has 0 atom stereocenters. The highest BCUT2D eigenvalue weighted by Crippen LogP contribution is 2.34. The molecule has 0 fully saturated rings. The molecule has 0 bridgehead atoms. The lowest BCUT2D eigenvalue weighted by Gasteiger charge is -2.13. The van der Waals surface area contributed by atoms with Crippen molar-refractivity contribution in [2.45, 2.75) is 20.3 Å². The largest absolute Gasteiger partial charge is 0.493 e. The third kappa shape index (κ3) is 2.96. The molecule has 4 N–H and O–H groups in total. The molecule has 0 aliphatic carbocycles. The molecule has 1 heterocycles. The number of aryl methyl sites for hydroxylation is 1. The number of anilines is 2. The van der Waals surface area contributed by atoms with Gasteiger partial charge < -0.3 is 16.2 Å². The summed E-state index contributed by atoms with van der Waals surface area (Å²) in [4.78, 5) is 4.10. The van der Waals surface area contributed by atoms with Crippen LogP contribution in [0.5, 0.6) is 5.75 Å². The van der Waals surface area contributed by atoms with Crippen LogP contribution in [0.15, 0.2) is 30.3 Å². The van der Waals surface area contributed by atoms with Crippen molar-refractivity contribution in [3.8, 4) is 16.9 Å². The average molecular weight is 257 g/mol. The number of pyridine rings is 1.